The highest BCUT2D eigenvalue weighted by molar-refractivity contribution is 7.09. The first-order chi connectivity index (χ1) is 18.2. The first-order valence-corrected chi connectivity index (χ1v) is 13.5. The topological polar surface area (TPSA) is 103 Å². The molecule has 4 aromatic rings. The van der Waals surface area contributed by atoms with E-state index in [9.17, 15) is 0 Å². The molecule has 2 atom stereocenters. The van der Waals surface area contributed by atoms with Crippen molar-refractivity contribution in [3.8, 4) is 5.75 Å². The average Bonchev–Trinajstić information content (AvgIpc) is 3.55. The molecular formula is C27H29ClN6O3S. The molecule has 0 saturated heterocycles. The number of aliphatic imine (C=N–C) groups is 1. The van der Waals surface area contributed by atoms with Crippen molar-refractivity contribution in [2.24, 2.45) is 4.99 Å². The number of hydrogen-bond donors (Lipinski definition) is 2. The van der Waals surface area contributed by atoms with Crippen molar-refractivity contribution in [2.45, 2.75) is 52.0 Å². The van der Waals surface area contributed by atoms with Gasteiger partial charge >= 0.3 is 0 Å². The fourth-order valence-electron chi connectivity index (χ4n) is 3.99. The zero-order chi connectivity index (χ0) is 26.7. The zero-order valence-electron chi connectivity index (χ0n) is 21.6. The van der Waals surface area contributed by atoms with Crippen LogP contribution in [0.2, 0.25) is 5.02 Å². The summed E-state index contributed by atoms with van der Waals surface area (Å²) in [6.07, 6.45) is 3.21. The Bertz CT molecular complexity index is 1440. The Labute approximate surface area is 230 Å². The summed E-state index contributed by atoms with van der Waals surface area (Å²) in [6.45, 7) is 8.95. The molecule has 11 heteroatoms. The first-order valence-electron chi connectivity index (χ1n) is 12.2. The van der Waals surface area contributed by atoms with E-state index in [1.54, 1.807) is 12.3 Å². The van der Waals surface area contributed by atoms with Crippen molar-refractivity contribution < 1.29 is 14.2 Å². The van der Waals surface area contributed by atoms with Gasteiger partial charge < -0.3 is 24.8 Å². The van der Waals surface area contributed by atoms with E-state index in [0.29, 0.717) is 35.8 Å². The van der Waals surface area contributed by atoms with E-state index in [-0.39, 0.29) is 17.7 Å². The maximum atomic E-state index is 6.48. The largest absolute Gasteiger partial charge is 0.485 e. The lowest BCUT2D eigenvalue weighted by molar-refractivity contribution is -0.0628. The molecule has 9 nitrogen and oxygen atoms in total. The van der Waals surface area contributed by atoms with Gasteiger partial charge in [0, 0.05) is 28.3 Å². The van der Waals surface area contributed by atoms with E-state index in [2.05, 4.69) is 30.6 Å². The number of hydrogen-bond acceptors (Lipinski definition) is 10. The minimum atomic E-state index is -0.244. The molecule has 0 saturated carbocycles. The Morgan fingerprint density at radius 1 is 1.11 bits per heavy atom. The number of halogens is 1. The summed E-state index contributed by atoms with van der Waals surface area (Å²) in [6, 6.07) is 11.7. The molecule has 2 aromatic heterocycles. The van der Waals surface area contributed by atoms with Crippen molar-refractivity contribution in [2.75, 3.05) is 17.2 Å². The van der Waals surface area contributed by atoms with Gasteiger partial charge in [-0.1, -0.05) is 11.6 Å². The third-order valence-electron chi connectivity index (χ3n) is 5.67. The molecule has 0 unspecified atom stereocenters. The quantitative estimate of drug-likeness (QED) is 0.258. The van der Waals surface area contributed by atoms with Gasteiger partial charge in [0.1, 0.15) is 42.2 Å². The normalized spacial score (nSPS) is 16.1. The van der Waals surface area contributed by atoms with Gasteiger partial charge in [0.25, 0.3) is 6.02 Å². The van der Waals surface area contributed by atoms with Crippen molar-refractivity contribution in [1.82, 2.24) is 15.0 Å². The second-order valence-corrected chi connectivity index (χ2v) is 11.2. The summed E-state index contributed by atoms with van der Waals surface area (Å²) >= 11 is 8.02. The maximum Gasteiger partial charge on any atom is 0.289 e. The minimum Gasteiger partial charge on any atom is -0.485 e. The van der Waals surface area contributed by atoms with Crippen LogP contribution in [-0.4, -0.2) is 45.3 Å². The number of aromatic nitrogens is 3. The van der Waals surface area contributed by atoms with Crippen molar-refractivity contribution in [3.63, 3.8) is 0 Å². The highest BCUT2D eigenvalue weighted by Gasteiger charge is 2.28. The van der Waals surface area contributed by atoms with Gasteiger partial charge in [0.05, 0.1) is 22.2 Å². The number of anilines is 3. The molecule has 198 valence electrons. The van der Waals surface area contributed by atoms with Gasteiger partial charge in [-0.3, -0.25) is 0 Å². The van der Waals surface area contributed by atoms with Crippen LogP contribution >= 0.6 is 22.9 Å². The van der Waals surface area contributed by atoms with E-state index in [0.717, 1.165) is 27.3 Å². The monoisotopic (exact) mass is 552 g/mol. The minimum absolute atomic E-state index is 0.0638. The summed E-state index contributed by atoms with van der Waals surface area (Å²) in [7, 11) is 0. The summed E-state index contributed by atoms with van der Waals surface area (Å²) in [5.41, 5.74) is 2.13. The van der Waals surface area contributed by atoms with Crippen LogP contribution in [0.1, 0.15) is 32.7 Å². The standard InChI is InChI=1S/C27H29ClN6O3S/c1-16(37-27(2,3)4)22-13-36-26(34-22)33-17-5-7-21-19(11-17)25(31-15-30-21)32-18-6-8-23(20(28)12-18)35-14-24-29-9-10-38-24/h5-12,15-16,22H,13-14H2,1-4H3,(H,33,34)(H,30,31,32)/t16-,22+/m1/s1. The van der Waals surface area contributed by atoms with E-state index in [1.807, 2.05) is 63.4 Å². The van der Waals surface area contributed by atoms with Crippen LogP contribution in [0.5, 0.6) is 5.75 Å². The van der Waals surface area contributed by atoms with E-state index in [1.165, 1.54) is 17.7 Å². The Kier molecular flexibility index (Phi) is 7.64. The van der Waals surface area contributed by atoms with Crippen LogP contribution in [0.15, 0.2) is 59.3 Å². The number of amidine groups is 1. The molecular weight excluding hydrogens is 524 g/mol. The number of thiazole rings is 1. The molecule has 0 bridgehead atoms. The Hall–Kier alpha value is -3.47. The van der Waals surface area contributed by atoms with Crippen LogP contribution in [0, 0.1) is 0 Å². The molecule has 3 heterocycles. The Morgan fingerprint density at radius 3 is 2.68 bits per heavy atom. The van der Waals surface area contributed by atoms with Gasteiger partial charge in [-0.2, -0.15) is 0 Å². The molecule has 0 fully saturated rings. The Morgan fingerprint density at radius 2 is 1.92 bits per heavy atom. The lowest BCUT2D eigenvalue weighted by Gasteiger charge is -2.26. The molecule has 0 radical (unpaired) electrons. The summed E-state index contributed by atoms with van der Waals surface area (Å²) in [4.78, 5) is 17.7. The third kappa shape index (κ3) is 6.50. The van der Waals surface area contributed by atoms with Crippen LogP contribution in [0.3, 0.4) is 0 Å². The van der Waals surface area contributed by atoms with Crippen molar-refractivity contribution >= 4 is 57.1 Å². The molecule has 0 amide bonds. The molecule has 5 rings (SSSR count). The summed E-state index contributed by atoms with van der Waals surface area (Å²) in [5.74, 6) is 1.23. The van der Waals surface area contributed by atoms with Gasteiger partial charge in [-0.05, 0) is 64.1 Å². The summed E-state index contributed by atoms with van der Waals surface area (Å²) in [5, 5.41) is 10.7. The van der Waals surface area contributed by atoms with Crippen LogP contribution in [0.25, 0.3) is 10.9 Å². The van der Waals surface area contributed by atoms with Crippen LogP contribution < -0.4 is 15.4 Å². The highest BCUT2D eigenvalue weighted by atomic mass is 35.5. The average molecular weight is 553 g/mol. The maximum absolute atomic E-state index is 6.48. The second kappa shape index (κ2) is 11.1. The third-order valence-corrected chi connectivity index (χ3v) is 6.72. The molecule has 2 N–H and O–H groups in total. The van der Waals surface area contributed by atoms with E-state index < -0.39 is 0 Å². The lowest BCUT2D eigenvalue weighted by Crippen LogP contribution is -2.33. The van der Waals surface area contributed by atoms with Crippen LogP contribution in [-0.2, 0) is 16.1 Å². The number of nitrogens with one attached hydrogen (secondary N) is 2. The van der Waals surface area contributed by atoms with Gasteiger partial charge in [-0.15, -0.1) is 11.3 Å². The number of rotatable bonds is 8. The number of fused-ring (bicyclic) bond motifs is 1. The van der Waals surface area contributed by atoms with E-state index >= 15 is 0 Å². The number of benzene rings is 2. The van der Waals surface area contributed by atoms with E-state index in [4.69, 9.17) is 25.8 Å². The molecule has 1 aliphatic rings. The molecule has 0 aliphatic carbocycles. The lowest BCUT2D eigenvalue weighted by atomic mass is 10.1. The fraction of sp³-hybridized carbons (Fsp3) is 0.333. The van der Waals surface area contributed by atoms with Crippen molar-refractivity contribution in [1.29, 1.82) is 0 Å². The zero-order valence-corrected chi connectivity index (χ0v) is 23.1. The fourth-order valence-corrected chi connectivity index (χ4v) is 4.75. The SMILES string of the molecule is C[C@@H](OC(C)(C)C)[C@@H]1COC(Nc2ccc3ncnc(Nc4ccc(OCc5nccs5)c(Cl)c4)c3c2)=N1. The first kappa shape index (κ1) is 26.1. The smallest absolute Gasteiger partial charge is 0.289 e. The molecule has 38 heavy (non-hydrogen) atoms. The number of ether oxygens (including phenoxy) is 3. The van der Waals surface area contributed by atoms with Crippen molar-refractivity contribution in [3.05, 3.63) is 64.3 Å². The Balaban J connectivity index is 1.29. The van der Waals surface area contributed by atoms with Crippen LogP contribution in [0.4, 0.5) is 17.2 Å². The number of nitrogens with zero attached hydrogens (tertiary/aromatic N) is 4. The van der Waals surface area contributed by atoms with Gasteiger partial charge in [0.15, 0.2) is 0 Å². The second-order valence-electron chi connectivity index (χ2n) is 9.81. The molecule has 0 spiro atoms. The molecule has 2 aromatic carbocycles. The summed E-state index contributed by atoms with van der Waals surface area (Å²) < 4.78 is 17.6. The van der Waals surface area contributed by atoms with Gasteiger partial charge in [0.2, 0.25) is 0 Å². The van der Waals surface area contributed by atoms with Gasteiger partial charge in [-0.25, -0.2) is 19.9 Å². The predicted octanol–water partition coefficient (Wildman–Crippen LogP) is 6.43. The predicted molar refractivity (Wildman–Crippen MR) is 152 cm³/mol. The highest BCUT2D eigenvalue weighted by Crippen LogP contribution is 2.32. The molecule has 1 aliphatic heterocycles.